The van der Waals surface area contributed by atoms with Crippen molar-refractivity contribution >= 4 is 27.3 Å². The fourth-order valence-electron chi connectivity index (χ4n) is 1.23. The van der Waals surface area contributed by atoms with E-state index in [-0.39, 0.29) is 0 Å². The van der Waals surface area contributed by atoms with Gasteiger partial charge in [0, 0.05) is 21.1 Å². The van der Waals surface area contributed by atoms with Crippen molar-refractivity contribution in [2.75, 3.05) is 0 Å². The molecule has 1 aromatic carbocycles. The largest absolute Gasteiger partial charge is 0.244 e. The van der Waals surface area contributed by atoms with Gasteiger partial charge < -0.3 is 0 Å². The number of nitriles is 1. The third-order valence-electron chi connectivity index (χ3n) is 1.91. The zero-order valence-corrected chi connectivity index (χ0v) is 10.2. The zero-order chi connectivity index (χ0) is 10.7. The van der Waals surface area contributed by atoms with Crippen molar-refractivity contribution in [3.8, 4) is 16.6 Å². The number of rotatable bonds is 2. The second kappa shape index (κ2) is 4.56. The molecule has 0 saturated carbocycles. The van der Waals surface area contributed by atoms with E-state index >= 15 is 0 Å². The van der Waals surface area contributed by atoms with Crippen LogP contribution in [0.1, 0.15) is 4.88 Å². The summed E-state index contributed by atoms with van der Waals surface area (Å²) in [5.41, 5.74) is 1.08. The Hall–Kier alpha value is -1.18. The van der Waals surface area contributed by atoms with Crippen LogP contribution in [0.2, 0.25) is 0 Å². The minimum Gasteiger partial charge on any atom is -0.244 e. The molecule has 15 heavy (non-hydrogen) atoms. The lowest BCUT2D eigenvalue weighted by molar-refractivity contribution is 1.28. The number of thiazole rings is 1. The third-order valence-corrected chi connectivity index (χ3v) is 3.63. The van der Waals surface area contributed by atoms with E-state index in [0.29, 0.717) is 6.42 Å². The Kier molecular flexibility index (Phi) is 3.14. The minimum absolute atomic E-state index is 0.433. The molecule has 0 aliphatic rings. The van der Waals surface area contributed by atoms with Crippen molar-refractivity contribution < 1.29 is 0 Å². The smallest absolute Gasteiger partial charge is 0.124 e. The van der Waals surface area contributed by atoms with Crippen LogP contribution in [0.3, 0.4) is 0 Å². The lowest BCUT2D eigenvalue weighted by atomic mass is 10.2. The van der Waals surface area contributed by atoms with Crippen LogP contribution in [0.4, 0.5) is 0 Å². The monoisotopic (exact) mass is 278 g/mol. The fourth-order valence-corrected chi connectivity index (χ4v) is 2.71. The van der Waals surface area contributed by atoms with Gasteiger partial charge in [0.05, 0.1) is 12.5 Å². The summed E-state index contributed by atoms with van der Waals surface area (Å²) in [6.07, 6.45) is 2.20. The first-order valence-corrected chi connectivity index (χ1v) is 5.99. The van der Waals surface area contributed by atoms with Gasteiger partial charge in [-0.15, -0.1) is 11.3 Å². The molecule has 1 aromatic heterocycles. The van der Waals surface area contributed by atoms with Gasteiger partial charge in [-0.3, -0.25) is 0 Å². The van der Waals surface area contributed by atoms with Crippen molar-refractivity contribution in [3.63, 3.8) is 0 Å². The van der Waals surface area contributed by atoms with Crippen molar-refractivity contribution in [2.45, 2.75) is 6.42 Å². The van der Waals surface area contributed by atoms with Crippen LogP contribution in [0, 0.1) is 11.3 Å². The van der Waals surface area contributed by atoms with Crippen LogP contribution in [-0.4, -0.2) is 4.98 Å². The van der Waals surface area contributed by atoms with Crippen LogP contribution in [0.25, 0.3) is 10.6 Å². The van der Waals surface area contributed by atoms with Gasteiger partial charge in [0.25, 0.3) is 0 Å². The van der Waals surface area contributed by atoms with Crippen LogP contribution in [0.5, 0.6) is 0 Å². The molecule has 0 aliphatic carbocycles. The molecule has 4 heteroatoms. The average molecular weight is 279 g/mol. The van der Waals surface area contributed by atoms with Gasteiger partial charge in [-0.1, -0.05) is 34.1 Å². The Morgan fingerprint density at radius 1 is 1.40 bits per heavy atom. The van der Waals surface area contributed by atoms with Gasteiger partial charge in [0.1, 0.15) is 5.01 Å². The highest BCUT2D eigenvalue weighted by molar-refractivity contribution is 9.10. The Balaban J connectivity index is 2.38. The second-order valence-electron chi connectivity index (χ2n) is 2.95. The van der Waals surface area contributed by atoms with E-state index in [1.54, 1.807) is 17.5 Å². The second-order valence-corrected chi connectivity index (χ2v) is 4.92. The molecule has 0 atom stereocenters. The average Bonchev–Trinajstić information content (AvgIpc) is 2.68. The molecule has 2 rings (SSSR count). The number of hydrogen-bond donors (Lipinski definition) is 0. The van der Waals surface area contributed by atoms with Crippen molar-refractivity contribution in [1.29, 1.82) is 5.26 Å². The van der Waals surface area contributed by atoms with Crippen molar-refractivity contribution in [3.05, 3.63) is 39.8 Å². The van der Waals surface area contributed by atoms with Gasteiger partial charge in [-0.25, -0.2) is 4.98 Å². The first-order valence-electron chi connectivity index (χ1n) is 4.38. The lowest BCUT2D eigenvalue weighted by Crippen LogP contribution is -1.75. The maximum atomic E-state index is 8.57. The Labute approximate surface area is 100 Å². The summed E-state index contributed by atoms with van der Waals surface area (Å²) >= 11 is 5.04. The van der Waals surface area contributed by atoms with E-state index in [2.05, 4.69) is 27.0 Å². The molecule has 0 bridgehead atoms. The molecule has 74 valence electrons. The Bertz CT molecular complexity index is 513. The summed E-state index contributed by atoms with van der Waals surface area (Å²) in [5.74, 6) is 0. The normalized spacial score (nSPS) is 9.87. The summed E-state index contributed by atoms with van der Waals surface area (Å²) in [4.78, 5) is 5.31. The summed E-state index contributed by atoms with van der Waals surface area (Å²) in [6, 6.07) is 10.1. The van der Waals surface area contributed by atoms with Crippen LogP contribution in [-0.2, 0) is 6.42 Å². The van der Waals surface area contributed by atoms with E-state index < -0.39 is 0 Å². The van der Waals surface area contributed by atoms with E-state index in [1.807, 2.05) is 24.3 Å². The van der Waals surface area contributed by atoms with E-state index in [0.717, 1.165) is 19.9 Å². The molecule has 2 nitrogen and oxygen atoms in total. The van der Waals surface area contributed by atoms with Gasteiger partial charge in [-0.05, 0) is 6.07 Å². The SMILES string of the molecule is N#CCc1cnc(-c2ccccc2Br)s1. The van der Waals surface area contributed by atoms with Crippen molar-refractivity contribution in [2.24, 2.45) is 0 Å². The molecule has 0 unspecified atom stereocenters. The highest BCUT2D eigenvalue weighted by Gasteiger charge is 2.06. The number of aromatic nitrogens is 1. The van der Waals surface area contributed by atoms with Crippen LogP contribution in [0.15, 0.2) is 34.9 Å². The predicted molar refractivity (Wildman–Crippen MR) is 64.6 cm³/mol. The highest BCUT2D eigenvalue weighted by Crippen LogP contribution is 2.31. The molecular formula is C11H7BrN2S. The highest BCUT2D eigenvalue weighted by atomic mass is 79.9. The summed E-state index contributed by atoms with van der Waals surface area (Å²) in [5, 5.41) is 9.53. The third kappa shape index (κ3) is 2.25. The zero-order valence-electron chi connectivity index (χ0n) is 7.77. The molecule has 2 aromatic rings. The Morgan fingerprint density at radius 3 is 2.93 bits per heavy atom. The molecule has 0 radical (unpaired) electrons. The van der Waals surface area contributed by atoms with Crippen molar-refractivity contribution in [1.82, 2.24) is 4.98 Å². The Morgan fingerprint density at radius 2 is 2.20 bits per heavy atom. The van der Waals surface area contributed by atoms with Gasteiger partial charge in [0.2, 0.25) is 0 Å². The topological polar surface area (TPSA) is 36.7 Å². The summed E-state index contributed by atoms with van der Waals surface area (Å²) in [6.45, 7) is 0. The number of halogens is 1. The summed E-state index contributed by atoms with van der Waals surface area (Å²) < 4.78 is 1.03. The molecule has 0 N–H and O–H groups in total. The number of nitrogens with zero attached hydrogens (tertiary/aromatic N) is 2. The molecule has 1 heterocycles. The van der Waals surface area contributed by atoms with E-state index in [4.69, 9.17) is 5.26 Å². The quantitative estimate of drug-likeness (QED) is 0.841. The standard InChI is InChI=1S/C11H7BrN2S/c12-10-4-2-1-3-9(10)11-14-7-8(15-11)5-6-13/h1-4,7H,5H2. The van der Waals surface area contributed by atoms with Crippen LogP contribution < -0.4 is 0 Å². The van der Waals surface area contributed by atoms with E-state index in [1.165, 1.54) is 0 Å². The molecule has 0 saturated heterocycles. The molecule has 0 amide bonds. The van der Waals surface area contributed by atoms with Gasteiger partial charge in [-0.2, -0.15) is 5.26 Å². The lowest BCUT2D eigenvalue weighted by Gasteiger charge is -1.98. The maximum Gasteiger partial charge on any atom is 0.124 e. The number of benzene rings is 1. The first-order chi connectivity index (χ1) is 7.31. The number of hydrogen-bond acceptors (Lipinski definition) is 3. The summed E-state index contributed by atoms with van der Waals surface area (Å²) in [7, 11) is 0. The first kappa shape index (κ1) is 10.3. The van der Waals surface area contributed by atoms with E-state index in [9.17, 15) is 0 Å². The van der Waals surface area contributed by atoms with Crippen LogP contribution >= 0.6 is 27.3 Å². The molecule has 0 aliphatic heterocycles. The molecule has 0 fully saturated rings. The molecule has 0 spiro atoms. The molecular weight excluding hydrogens is 272 g/mol. The van der Waals surface area contributed by atoms with Gasteiger partial charge >= 0.3 is 0 Å². The maximum absolute atomic E-state index is 8.57. The minimum atomic E-state index is 0.433. The predicted octanol–water partition coefficient (Wildman–Crippen LogP) is 3.64. The fraction of sp³-hybridized carbons (Fsp3) is 0.0909. The van der Waals surface area contributed by atoms with Gasteiger partial charge in [0.15, 0.2) is 0 Å².